The molecule has 1 aliphatic heterocycles. The third-order valence-electron chi connectivity index (χ3n) is 3.76. The zero-order chi connectivity index (χ0) is 15.5. The van der Waals surface area contributed by atoms with Crippen LogP contribution in [0, 0.1) is 0 Å². The molecule has 0 saturated carbocycles. The topological polar surface area (TPSA) is 73.5 Å². The number of allylic oxidation sites excluding steroid dienone is 1. The Balaban J connectivity index is 1.80. The van der Waals surface area contributed by atoms with Crippen LogP contribution >= 0.6 is 0 Å². The van der Waals surface area contributed by atoms with Crippen LogP contribution in [-0.2, 0) is 11.3 Å². The maximum Gasteiger partial charge on any atom is 0.420 e. The number of nitrogens with zero attached hydrogens (tertiary/aromatic N) is 1. The van der Waals surface area contributed by atoms with Crippen molar-refractivity contribution >= 4 is 17.0 Å². The van der Waals surface area contributed by atoms with Crippen LogP contribution in [0.3, 0.4) is 0 Å². The number of hydrogen-bond acceptors (Lipinski definition) is 4. The molecule has 1 saturated heterocycles. The monoisotopic (exact) mass is 302 g/mol. The first kappa shape index (κ1) is 14.6. The third-order valence-corrected chi connectivity index (χ3v) is 3.76. The van der Waals surface area contributed by atoms with E-state index in [1.807, 2.05) is 0 Å². The third kappa shape index (κ3) is 2.82. The Morgan fingerprint density at radius 1 is 1.50 bits per heavy atom. The van der Waals surface area contributed by atoms with E-state index in [0.717, 1.165) is 19.4 Å². The van der Waals surface area contributed by atoms with Gasteiger partial charge in [-0.05, 0) is 31.0 Å². The van der Waals surface area contributed by atoms with Crippen molar-refractivity contribution in [3.05, 3.63) is 47.0 Å². The summed E-state index contributed by atoms with van der Waals surface area (Å²) in [7, 11) is 0. The van der Waals surface area contributed by atoms with Gasteiger partial charge in [-0.15, -0.1) is 6.58 Å². The highest BCUT2D eigenvalue weighted by Crippen LogP contribution is 2.16. The summed E-state index contributed by atoms with van der Waals surface area (Å²) in [5.41, 5.74) is 1.54. The van der Waals surface area contributed by atoms with E-state index in [1.54, 1.807) is 24.3 Å². The van der Waals surface area contributed by atoms with Crippen molar-refractivity contribution in [1.29, 1.82) is 0 Å². The normalized spacial score (nSPS) is 17.7. The van der Waals surface area contributed by atoms with Gasteiger partial charge in [0.15, 0.2) is 5.58 Å². The van der Waals surface area contributed by atoms with Gasteiger partial charge in [-0.3, -0.25) is 9.36 Å². The smallest absolute Gasteiger partial charge is 0.408 e. The highest BCUT2D eigenvalue weighted by atomic mass is 16.5. The van der Waals surface area contributed by atoms with Gasteiger partial charge in [0.25, 0.3) is 5.91 Å². The van der Waals surface area contributed by atoms with Crippen LogP contribution in [0.25, 0.3) is 11.1 Å². The van der Waals surface area contributed by atoms with Crippen LogP contribution in [0.1, 0.15) is 23.2 Å². The molecular formula is C16H18N2O4. The molecule has 1 fully saturated rings. The van der Waals surface area contributed by atoms with Crippen LogP contribution in [0.4, 0.5) is 0 Å². The highest BCUT2D eigenvalue weighted by Gasteiger charge is 2.17. The Bertz CT molecular complexity index is 753. The number of benzene rings is 1. The lowest BCUT2D eigenvalue weighted by Crippen LogP contribution is -2.31. The van der Waals surface area contributed by atoms with Gasteiger partial charge in [-0.1, -0.05) is 6.08 Å². The Morgan fingerprint density at radius 2 is 2.36 bits per heavy atom. The van der Waals surface area contributed by atoms with Crippen molar-refractivity contribution in [2.75, 3.05) is 13.2 Å². The first-order valence-electron chi connectivity index (χ1n) is 7.33. The Kier molecular flexibility index (Phi) is 4.11. The van der Waals surface area contributed by atoms with Gasteiger partial charge < -0.3 is 14.5 Å². The first-order chi connectivity index (χ1) is 10.7. The van der Waals surface area contributed by atoms with Gasteiger partial charge in [0, 0.05) is 25.3 Å². The summed E-state index contributed by atoms with van der Waals surface area (Å²) >= 11 is 0. The minimum Gasteiger partial charge on any atom is -0.408 e. The van der Waals surface area contributed by atoms with Gasteiger partial charge in [0.1, 0.15) is 0 Å². The number of oxazole rings is 1. The summed E-state index contributed by atoms with van der Waals surface area (Å²) in [5, 5.41) is 2.86. The lowest BCUT2D eigenvalue weighted by Gasteiger charge is -2.10. The molecule has 1 aromatic heterocycles. The van der Waals surface area contributed by atoms with Gasteiger partial charge >= 0.3 is 5.76 Å². The molecule has 6 heteroatoms. The Morgan fingerprint density at radius 3 is 3.09 bits per heavy atom. The molecule has 0 aliphatic carbocycles. The number of hydrogen-bond donors (Lipinski definition) is 1. The molecule has 1 amide bonds. The van der Waals surface area contributed by atoms with Crippen molar-refractivity contribution in [2.24, 2.45) is 0 Å². The van der Waals surface area contributed by atoms with E-state index in [1.165, 1.54) is 4.57 Å². The second-order valence-electron chi connectivity index (χ2n) is 5.29. The van der Waals surface area contributed by atoms with Crippen molar-refractivity contribution in [2.45, 2.75) is 25.5 Å². The van der Waals surface area contributed by atoms with Crippen molar-refractivity contribution in [3.8, 4) is 0 Å². The largest absolute Gasteiger partial charge is 0.420 e. The molecule has 0 bridgehead atoms. The van der Waals surface area contributed by atoms with E-state index < -0.39 is 5.76 Å². The average molecular weight is 302 g/mol. The second-order valence-corrected chi connectivity index (χ2v) is 5.29. The fraction of sp³-hybridized carbons (Fsp3) is 0.375. The number of fused-ring (bicyclic) bond motifs is 1. The average Bonchev–Trinajstić information content (AvgIpc) is 3.13. The van der Waals surface area contributed by atoms with E-state index in [2.05, 4.69) is 11.9 Å². The molecule has 1 N–H and O–H groups in total. The molecule has 22 heavy (non-hydrogen) atoms. The number of carbonyl (C=O) groups excluding carboxylic acids is 1. The maximum atomic E-state index is 12.2. The lowest BCUT2D eigenvalue weighted by molar-refractivity contribution is 0.0858. The number of amides is 1. The predicted molar refractivity (Wildman–Crippen MR) is 82.0 cm³/mol. The molecule has 0 radical (unpaired) electrons. The molecule has 2 heterocycles. The standard InChI is InChI=1S/C16H18N2O4/c1-2-7-18-13-9-11(5-6-14(13)22-16(18)20)15(19)17-10-12-4-3-8-21-12/h2,5-6,9,12H,1,3-4,7-8,10H2,(H,17,19). The van der Waals surface area contributed by atoms with E-state index in [-0.39, 0.29) is 12.0 Å². The van der Waals surface area contributed by atoms with Gasteiger partial charge in [0.2, 0.25) is 0 Å². The summed E-state index contributed by atoms with van der Waals surface area (Å²) in [4.78, 5) is 24.0. The zero-order valence-corrected chi connectivity index (χ0v) is 12.2. The molecule has 6 nitrogen and oxygen atoms in total. The minimum atomic E-state index is -0.452. The first-order valence-corrected chi connectivity index (χ1v) is 7.33. The molecule has 116 valence electrons. The zero-order valence-electron chi connectivity index (χ0n) is 12.2. The molecule has 1 atom stereocenters. The van der Waals surface area contributed by atoms with E-state index in [4.69, 9.17) is 9.15 Å². The molecule has 1 unspecified atom stereocenters. The second kappa shape index (κ2) is 6.19. The van der Waals surface area contributed by atoms with Gasteiger partial charge in [-0.25, -0.2) is 4.79 Å². The van der Waals surface area contributed by atoms with E-state index in [9.17, 15) is 9.59 Å². The van der Waals surface area contributed by atoms with E-state index in [0.29, 0.717) is 29.8 Å². The molecular weight excluding hydrogens is 284 g/mol. The van der Waals surface area contributed by atoms with Crippen molar-refractivity contribution < 1.29 is 13.9 Å². The van der Waals surface area contributed by atoms with E-state index >= 15 is 0 Å². The quantitative estimate of drug-likeness (QED) is 0.853. The van der Waals surface area contributed by atoms with Crippen LogP contribution < -0.4 is 11.1 Å². The number of aromatic nitrogens is 1. The fourth-order valence-corrected chi connectivity index (χ4v) is 2.62. The summed E-state index contributed by atoms with van der Waals surface area (Å²) in [6, 6.07) is 4.94. The van der Waals surface area contributed by atoms with Gasteiger partial charge in [0.05, 0.1) is 11.6 Å². The van der Waals surface area contributed by atoms with Crippen LogP contribution in [0.15, 0.2) is 40.1 Å². The maximum absolute atomic E-state index is 12.2. The molecule has 1 aromatic carbocycles. The number of carbonyl (C=O) groups is 1. The summed E-state index contributed by atoms with van der Waals surface area (Å²) in [6.45, 7) is 5.22. The minimum absolute atomic E-state index is 0.0977. The highest BCUT2D eigenvalue weighted by molar-refractivity contribution is 5.97. The molecule has 1 aliphatic rings. The number of ether oxygens (including phenoxy) is 1. The van der Waals surface area contributed by atoms with Crippen LogP contribution in [-0.4, -0.2) is 29.7 Å². The van der Waals surface area contributed by atoms with Crippen LogP contribution in [0.5, 0.6) is 0 Å². The Hall–Kier alpha value is -2.34. The van der Waals surface area contributed by atoms with Gasteiger partial charge in [-0.2, -0.15) is 0 Å². The molecule has 3 rings (SSSR count). The van der Waals surface area contributed by atoms with Crippen LogP contribution in [0.2, 0.25) is 0 Å². The summed E-state index contributed by atoms with van der Waals surface area (Å²) in [5.74, 6) is -0.636. The predicted octanol–water partition coefficient (Wildman–Crippen LogP) is 1.69. The Labute approximate surface area is 127 Å². The molecule has 0 spiro atoms. The lowest BCUT2D eigenvalue weighted by atomic mass is 10.2. The SMILES string of the molecule is C=CCn1c(=O)oc2ccc(C(=O)NCC3CCCO3)cc21. The fourth-order valence-electron chi connectivity index (χ4n) is 2.62. The number of nitrogens with one attached hydrogen (secondary N) is 1. The summed E-state index contributed by atoms with van der Waals surface area (Å²) in [6.07, 6.45) is 3.72. The molecule has 2 aromatic rings. The number of rotatable bonds is 5. The van der Waals surface area contributed by atoms with Crippen molar-refractivity contribution in [3.63, 3.8) is 0 Å². The van der Waals surface area contributed by atoms with Crippen molar-refractivity contribution in [1.82, 2.24) is 9.88 Å². The summed E-state index contributed by atoms with van der Waals surface area (Å²) < 4.78 is 12.1.